The third-order valence-electron chi connectivity index (χ3n) is 4.26. The van der Waals surface area contributed by atoms with E-state index in [0.29, 0.717) is 39.0 Å². The molecular weight excluding hydrogens is 296 g/mol. The van der Waals surface area contributed by atoms with E-state index in [2.05, 4.69) is 5.32 Å². The van der Waals surface area contributed by atoms with E-state index in [9.17, 15) is 18.3 Å². The normalized spacial score (nSPS) is 28.7. The summed E-state index contributed by atoms with van der Waals surface area (Å²) in [7, 11) is -3.16. The number of nitrogens with one attached hydrogen (secondary N) is 1. The van der Waals surface area contributed by atoms with Crippen molar-refractivity contribution < 1.29 is 23.1 Å². The van der Waals surface area contributed by atoms with Gasteiger partial charge in [0.05, 0.1) is 12.4 Å². The van der Waals surface area contributed by atoms with Crippen LogP contribution in [0.4, 0.5) is 0 Å². The molecule has 0 saturated carbocycles. The number of carbonyl (C=O) groups is 1. The van der Waals surface area contributed by atoms with Crippen LogP contribution in [-0.2, 0) is 19.6 Å². The SMILES string of the molecule is CCS(=O)(=O)N1CCC(C(=O)NCC2(O)CCOC2)CC1. The van der Waals surface area contributed by atoms with Crippen molar-refractivity contribution in [1.82, 2.24) is 9.62 Å². The number of ether oxygens (including phenoxy) is 1. The van der Waals surface area contributed by atoms with E-state index in [-0.39, 0.29) is 30.7 Å². The number of piperidine rings is 1. The van der Waals surface area contributed by atoms with Crippen LogP contribution in [0.1, 0.15) is 26.2 Å². The number of amides is 1. The summed E-state index contributed by atoms with van der Waals surface area (Å²) < 4.78 is 30.1. The Bertz CT molecular complexity index is 465. The molecular formula is C13H24N2O5S. The van der Waals surface area contributed by atoms with Crippen molar-refractivity contribution in [2.45, 2.75) is 31.8 Å². The van der Waals surface area contributed by atoms with Crippen molar-refractivity contribution in [3.8, 4) is 0 Å². The number of nitrogens with zero attached hydrogens (tertiary/aromatic N) is 1. The van der Waals surface area contributed by atoms with Crippen LogP contribution >= 0.6 is 0 Å². The van der Waals surface area contributed by atoms with Crippen molar-refractivity contribution in [3.05, 3.63) is 0 Å². The van der Waals surface area contributed by atoms with E-state index in [0.717, 1.165) is 0 Å². The smallest absolute Gasteiger partial charge is 0.223 e. The second-order valence-electron chi connectivity index (χ2n) is 5.82. The zero-order valence-corrected chi connectivity index (χ0v) is 13.2. The molecule has 8 heteroatoms. The topological polar surface area (TPSA) is 95.9 Å². The molecule has 0 spiro atoms. The molecule has 2 N–H and O–H groups in total. The summed E-state index contributed by atoms with van der Waals surface area (Å²) in [6.45, 7) is 3.36. The number of hydrogen-bond donors (Lipinski definition) is 2. The van der Waals surface area contributed by atoms with Gasteiger partial charge in [-0.25, -0.2) is 12.7 Å². The summed E-state index contributed by atoms with van der Waals surface area (Å²) in [5.74, 6) is -0.195. The third-order valence-corrected chi connectivity index (χ3v) is 6.14. The second kappa shape index (κ2) is 6.60. The van der Waals surface area contributed by atoms with E-state index < -0.39 is 15.6 Å². The van der Waals surface area contributed by atoms with Gasteiger partial charge in [-0.3, -0.25) is 4.79 Å². The van der Waals surface area contributed by atoms with E-state index in [1.807, 2.05) is 0 Å². The summed E-state index contributed by atoms with van der Waals surface area (Å²) in [5.41, 5.74) is -0.956. The average molecular weight is 320 g/mol. The summed E-state index contributed by atoms with van der Waals surface area (Å²) in [4.78, 5) is 12.1. The predicted octanol–water partition coefficient (Wildman–Crippen LogP) is -0.684. The van der Waals surface area contributed by atoms with E-state index in [1.165, 1.54) is 4.31 Å². The van der Waals surface area contributed by atoms with Gasteiger partial charge in [-0.15, -0.1) is 0 Å². The summed E-state index contributed by atoms with van der Waals surface area (Å²) in [6, 6.07) is 0. The van der Waals surface area contributed by atoms with Gasteiger partial charge < -0.3 is 15.2 Å². The molecule has 0 aromatic heterocycles. The minimum absolute atomic E-state index is 0.0941. The maximum Gasteiger partial charge on any atom is 0.223 e. The summed E-state index contributed by atoms with van der Waals surface area (Å²) in [5, 5.41) is 12.9. The lowest BCUT2D eigenvalue weighted by molar-refractivity contribution is -0.127. The van der Waals surface area contributed by atoms with Crippen LogP contribution in [0, 0.1) is 5.92 Å². The first kappa shape index (κ1) is 16.7. The third kappa shape index (κ3) is 4.15. The standard InChI is InChI=1S/C13H24N2O5S/c1-2-21(18,19)15-6-3-11(4-7-15)12(16)14-9-13(17)5-8-20-10-13/h11,17H,2-10H2,1H3,(H,14,16). The highest BCUT2D eigenvalue weighted by Crippen LogP contribution is 2.21. The van der Waals surface area contributed by atoms with Gasteiger partial charge in [0.25, 0.3) is 0 Å². The Morgan fingerprint density at radius 2 is 2.10 bits per heavy atom. The van der Waals surface area contributed by atoms with Gasteiger partial charge >= 0.3 is 0 Å². The molecule has 0 aliphatic carbocycles. The molecule has 7 nitrogen and oxygen atoms in total. The molecule has 0 aromatic carbocycles. The van der Waals surface area contributed by atoms with E-state index >= 15 is 0 Å². The minimum Gasteiger partial charge on any atom is -0.386 e. The van der Waals surface area contributed by atoms with Crippen LogP contribution in [0.5, 0.6) is 0 Å². The lowest BCUT2D eigenvalue weighted by Gasteiger charge is -2.31. The molecule has 1 unspecified atom stereocenters. The highest BCUT2D eigenvalue weighted by molar-refractivity contribution is 7.89. The highest BCUT2D eigenvalue weighted by Gasteiger charge is 2.34. The Morgan fingerprint density at radius 3 is 2.62 bits per heavy atom. The number of hydrogen-bond acceptors (Lipinski definition) is 5. The minimum atomic E-state index is -3.16. The summed E-state index contributed by atoms with van der Waals surface area (Å²) in [6.07, 6.45) is 1.58. The van der Waals surface area contributed by atoms with Crippen LogP contribution in [0.15, 0.2) is 0 Å². The quantitative estimate of drug-likeness (QED) is 0.699. The first-order chi connectivity index (χ1) is 9.86. The fourth-order valence-corrected chi connectivity index (χ4v) is 3.84. The number of aliphatic hydroxyl groups is 1. The lowest BCUT2D eigenvalue weighted by Crippen LogP contribution is -2.48. The molecule has 2 saturated heterocycles. The van der Waals surface area contributed by atoms with Gasteiger partial charge in [-0.1, -0.05) is 0 Å². The number of carbonyl (C=O) groups excluding carboxylic acids is 1. The van der Waals surface area contributed by atoms with Crippen LogP contribution in [0.3, 0.4) is 0 Å². The summed E-state index contributed by atoms with van der Waals surface area (Å²) >= 11 is 0. The molecule has 2 rings (SSSR count). The zero-order valence-electron chi connectivity index (χ0n) is 12.4. The van der Waals surface area contributed by atoms with Crippen LogP contribution in [0.2, 0.25) is 0 Å². The van der Waals surface area contributed by atoms with Crippen molar-refractivity contribution in [1.29, 1.82) is 0 Å². The number of sulfonamides is 1. The number of rotatable bonds is 5. The Kier molecular flexibility index (Phi) is 5.24. The van der Waals surface area contributed by atoms with Crippen molar-refractivity contribution in [2.75, 3.05) is 38.6 Å². The largest absolute Gasteiger partial charge is 0.386 e. The van der Waals surface area contributed by atoms with Gasteiger partial charge in [0.1, 0.15) is 5.60 Å². The molecule has 0 aromatic rings. The molecule has 2 fully saturated rings. The van der Waals surface area contributed by atoms with E-state index in [4.69, 9.17) is 4.74 Å². The molecule has 122 valence electrons. The van der Waals surface area contributed by atoms with Crippen LogP contribution in [-0.4, -0.2) is 67.9 Å². The molecule has 0 radical (unpaired) electrons. The zero-order chi connectivity index (χ0) is 15.5. The maximum atomic E-state index is 12.1. The predicted molar refractivity (Wildman–Crippen MR) is 77.2 cm³/mol. The van der Waals surface area contributed by atoms with Gasteiger partial charge in [-0.05, 0) is 19.8 Å². The average Bonchev–Trinajstić information content (AvgIpc) is 2.92. The lowest BCUT2D eigenvalue weighted by atomic mass is 9.96. The monoisotopic (exact) mass is 320 g/mol. The van der Waals surface area contributed by atoms with Crippen LogP contribution in [0.25, 0.3) is 0 Å². The fourth-order valence-electron chi connectivity index (χ4n) is 2.71. The van der Waals surface area contributed by atoms with Gasteiger partial charge in [0, 0.05) is 38.6 Å². The maximum absolute atomic E-state index is 12.1. The molecule has 21 heavy (non-hydrogen) atoms. The van der Waals surface area contributed by atoms with Crippen LogP contribution < -0.4 is 5.32 Å². The molecule has 1 atom stereocenters. The van der Waals surface area contributed by atoms with Crippen molar-refractivity contribution in [3.63, 3.8) is 0 Å². The molecule has 0 bridgehead atoms. The van der Waals surface area contributed by atoms with Gasteiger partial charge in [0.2, 0.25) is 15.9 Å². The van der Waals surface area contributed by atoms with Crippen molar-refractivity contribution in [2.24, 2.45) is 5.92 Å². The Morgan fingerprint density at radius 1 is 1.43 bits per heavy atom. The fraction of sp³-hybridized carbons (Fsp3) is 0.923. The molecule has 2 aliphatic heterocycles. The first-order valence-electron chi connectivity index (χ1n) is 7.42. The molecule has 2 aliphatic rings. The van der Waals surface area contributed by atoms with Crippen molar-refractivity contribution >= 4 is 15.9 Å². The Labute approximate surface area is 125 Å². The first-order valence-corrected chi connectivity index (χ1v) is 9.03. The highest BCUT2D eigenvalue weighted by atomic mass is 32.2. The molecule has 1 amide bonds. The van der Waals surface area contributed by atoms with Gasteiger partial charge in [0.15, 0.2) is 0 Å². The van der Waals surface area contributed by atoms with Gasteiger partial charge in [-0.2, -0.15) is 0 Å². The molecule has 2 heterocycles. The Hall–Kier alpha value is -0.700. The van der Waals surface area contributed by atoms with E-state index in [1.54, 1.807) is 6.92 Å². The second-order valence-corrected chi connectivity index (χ2v) is 8.08. The Balaban J connectivity index is 1.78.